The third-order valence-corrected chi connectivity index (χ3v) is 6.98. The van der Waals surface area contributed by atoms with Crippen LogP contribution >= 0.6 is 0 Å². The predicted octanol–water partition coefficient (Wildman–Crippen LogP) is 4.16. The minimum Gasteiger partial charge on any atom is -0.378 e. The number of rotatable bonds is 4. The van der Waals surface area contributed by atoms with E-state index in [1.807, 2.05) is 25.1 Å². The molecule has 164 valence electrons. The smallest absolute Gasteiger partial charge is 0.224 e. The van der Waals surface area contributed by atoms with Gasteiger partial charge < -0.3 is 19.9 Å². The zero-order valence-electron chi connectivity index (χ0n) is 18.7. The second-order valence-electron chi connectivity index (χ2n) is 9.20. The first-order valence-electron chi connectivity index (χ1n) is 11.5. The highest BCUT2D eigenvalue weighted by Crippen LogP contribution is 2.50. The zero-order chi connectivity index (χ0) is 21.5. The number of anilines is 3. The van der Waals surface area contributed by atoms with Crippen LogP contribution in [-0.2, 0) is 9.53 Å². The molecule has 1 aliphatic carbocycles. The molecular weight excluding hydrogens is 388 g/mol. The Morgan fingerprint density at radius 2 is 1.94 bits per heavy atom. The quantitative estimate of drug-likeness (QED) is 0.805. The number of aryl methyl sites for hydroxylation is 1. The Bertz CT molecular complexity index is 968. The molecule has 6 heteroatoms. The Morgan fingerprint density at radius 1 is 1.16 bits per heavy atom. The molecule has 31 heavy (non-hydrogen) atoms. The van der Waals surface area contributed by atoms with Crippen molar-refractivity contribution in [2.45, 2.75) is 45.7 Å². The molecule has 0 spiro atoms. The SMILES string of the molecule is CC(=O)N1c2ccc(N3CCOCC3)cc2C(Nc2cccc(C)n2)C(C)C1C1CC1. The molecule has 1 saturated carbocycles. The van der Waals surface area contributed by atoms with Crippen LogP contribution in [0.2, 0.25) is 0 Å². The molecule has 0 radical (unpaired) electrons. The Balaban J connectivity index is 1.58. The predicted molar refractivity (Wildman–Crippen MR) is 124 cm³/mol. The first kappa shape index (κ1) is 20.3. The van der Waals surface area contributed by atoms with Gasteiger partial charge in [0, 0.05) is 54.6 Å². The Kier molecular flexibility index (Phi) is 5.34. The molecule has 6 nitrogen and oxygen atoms in total. The average molecular weight is 421 g/mol. The molecule has 1 N–H and O–H groups in total. The van der Waals surface area contributed by atoms with Crippen molar-refractivity contribution in [3.8, 4) is 0 Å². The van der Waals surface area contributed by atoms with Crippen molar-refractivity contribution >= 4 is 23.1 Å². The van der Waals surface area contributed by atoms with Gasteiger partial charge in [-0.2, -0.15) is 0 Å². The van der Waals surface area contributed by atoms with Crippen molar-refractivity contribution in [3.05, 3.63) is 47.7 Å². The number of hydrogen-bond donors (Lipinski definition) is 1. The summed E-state index contributed by atoms with van der Waals surface area (Å²) >= 11 is 0. The topological polar surface area (TPSA) is 57.7 Å². The summed E-state index contributed by atoms with van der Waals surface area (Å²) in [5, 5.41) is 3.74. The number of pyridine rings is 1. The molecule has 3 aliphatic rings. The van der Waals surface area contributed by atoms with Crippen LogP contribution in [0.15, 0.2) is 36.4 Å². The summed E-state index contributed by atoms with van der Waals surface area (Å²) in [5.74, 6) is 1.90. The van der Waals surface area contributed by atoms with Crippen LogP contribution < -0.4 is 15.1 Å². The maximum Gasteiger partial charge on any atom is 0.224 e. The van der Waals surface area contributed by atoms with E-state index in [2.05, 4.69) is 40.2 Å². The molecule has 3 unspecified atom stereocenters. The third kappa shape index (κ3) is 3.89. The minimum atomic E-state index is 0.103. The highest BCUT2D eigenvalue weighted by Gasteiger charge is 2.47. The molecule has 0 bridgehead atoms. The van der Waals surface area contributed by atoms with Gasteiger partial charge in [-0.3, -0.25) is 4.79 Å². The summed E-state index contributed by atoms with van der Waals surface area (Å²) in [6, 6.07) is 13.0. The number of morpholine rings is 1. The maximum atomic E-state index is 12.8. The minimum absolute atomic E-state index is 0.103. The summed E-state index contributed by atoms with van der Waals surface area (Å²) in [6.45, 7) is 9.32. The van der Waals surface area contributed by atoms with E-state index >= 15 is 0 Å². The summed E-state index contributed by atoms with van der Waals surface area (Å²) in [6.07, 6.45) is 2.41. The summed E-state index contributed by atoms with van der Waals surface area (Å²) in [7, 11) is 0. The van der Waals surface area contributed by atoms with Crippen LogP contribution in [0.1, 0.15) is 44.0 Å². The Morgan fingerprint density at radius 3 is 2.61 bits per heavy atom. The molecule has 2 aliphatic heterocycles. The monoisotopic (exact) mass is 420 g/mol. The number of benzene rings is 1. The highest BCUT2D eigenvalue weighted by atomic mass is 16.5. The normalized spacial score (nSPS) is 25.8. The fourth-order valence-corrected chi connectivity index (χ4v) is 5.35. The number of carbonyl (C=O) groups excluding carboxylic acids is 1. The molecule has 1 aromatic carbocycles. The summed E-state index contributed by atoms with van der Waals surface area (Å²) in [4.78, 5) is 22.0. The van der Waals surface area contributed by atoms with Gasteiger partial charge in [0.15, 0.2) is 0 Å². The van der Waals surface area contributed by atoms with Crippen molar-refractivity contribution in [2.75, 3.05) is 41.4 Å². The molecule has 3 atom stereocenters. The van der Waals surface area contributed by atoms with E-state index in [-0.39, 0.29) is 23.9 Å². The number of carbonyl (C=O) groups is 1. The van der Waals surface area contributed by atoms with E-state index in [0.29, 0.717) is 5.92 Å². The molecule has 5 rings (SSSR count). The van der Waals surface area contributed by atoms with Crippen LogP contribution in [0.3, 0.4) is 0 Å². The van der Waals surface area contributed by atoms with Crippen molar-refractivity contribution in [2.24, 2.45) is 11.8 Å². The van der Waals surface area contributed by atoms with Crippen LogP contribution in [0.4, 0.5) is 17.2 Å². The van der Waals surface area contributed by atoms with Gasteiger partial charge in [0.25, 0.3) is 0 Å². The molecule has 2 aromatic rings. The van der Waals surface area contributed by atoms with E-state index in [4.69, 9.17) is 9.72 Å². The molecule has 3 heterocycles. The third-order valence-electron chi connectivity index (χ3n) is 6.98. The van der Waals surface area contributed by atoms with Gasteiger partial charge in [-0.15, -0.1) is 0 Å². The number of amides is 1. The van der Waals surface area contributed by atoms with Gasteiger partial charge >= 0.3 is 0 Å². The summed E-state index contributed by atoms with van der Waals surface area (Å²) in [5.41, 5.74) is 4.43. The highest BCUT2D eigenvalue weighted by molar-refractivity contribution is 5.94. The first-order chi connectivity index (χ1) is 15.0. The van der Waals surface area contributed by atoms with Gasteiger partial charge in [-0.05, 0) is 56.0 Å². The van der Waals surface area contributed by atoms with Gasteiger partial charge in [0.1, 0.15) is 5.82 Å². The average Bonchev–Trinajstić information content (AvgIpc) is 3.60. The van der Waals surface area contributed by atoms with Gasteiger partial charge in [0.05, 0.1) is 19.3 Å². The second kappa shape index (κ2) is 8.15. The van der Waals surface area contributed by atoms with E-state index in [0.717, 1.165) is 43.5 Å². The molecular formula is C25H32N4O2. The molecule has 1 amide bonds. The first-order valence-corrected chi connectivity index (χ1v) is 11.5. The fraction of sp³-hybridized carbons (Fsp3) is 0.520. The van der Waals surface area contributed by atoms with Crippen LogP contribution in [0.25, 0.3) is 0 Å². The van der Waals surface area contributed by atoms with Crippen LogP contribution in [0, 0.1) is 18.8 Å². The van der Waals surface area contributed by atoms with Crippen LogP contribution in [-0.4, -0.2) is 43.2 Å². The number of nitrogens with one attached hydrogen (secondary N) is 1. The largest absolute Gasteiger partial charge is 0.378 e. The van der Waals surface area contributed by atoms with Crippen molar-refractivity contribution < 1.29 is 9.53 Å². The van der Waals surface area contributed by atoms with Gasteiger partial charge in [-0.1, -0.05) is 13.0 Å². The Hall–Kier alpha value is -2.60. The van der Waals surface area contributed by atoms with E-state index in [9.17, 15) is 4.79 Å². The number of fused-ring (bicyclic) bond motifs is 1. The number of aromatic nitrogens is 1. The van der Waals surface area contributed by atoms with E-state index in [1.54, 1.807) is 6.92 Å². The second-order valence-corrected chi connectivity index (χ2v) is 9.20. The van der Waals surface area contributed by atoms with Crippen molar-refractivity contribution in [1.29, 1.82) is 0 Å². The van der Waals surface area contributed by atoms with E-state index in [1.165, 1.54) is 24.1 Å². The lowest BCUT2D eigenvalue weighted by atomic mass is 9.79. The lowest BCUT2D eigenvalue weighted by Gasteiger charge is -2.46. The Labute approximate surface area is 184 Å². The van der Waals surface area contributed by atoms with Crippen molar-refractivity contribution in [1.82, 2.24) is 4.98 Å². The lowest BCUT2D eigenvalue weighted by Crippen LogP contribution is -2.51. The van der Waals surface area contributed by atoms with Crippen molar-refractivity contribution in [3.63, 3.8) is 0 Å². The fourth-order valence-electron chi connectivity index (χ4n) is 5.35. The summed E-state index contributed by atoms with van der Waals surface area (Å²) < 4.78 is 5.54. The maximum absolute atomic E-state index is 12.8. The van der Waals surface area contributed by atoms with Crippen LogP contribution in [0.5, 0.6) is 0 Å². The molecule has 1 aromatic heterocycles. The van der Waals surface area contributed by atoms with Gasteiger partial charge in [-0.25, -0.2) is 4.98 Å². The zero-order valence-corrected chi connectivity index (χ0v) is 18.7. The molecule has 2 fully saturated rings. The van der Waals surface area contributed by atoms with E-state index < -0.39 is 0 Å². The standard InChI is InChI=1S/C25H32N4O2/c1-16-5-4-6-23(26-16)27-24-17(2)25(19-7-8-19)29(18(3)30)22-10-9-20(15-21(22)24)28-11-13-31-14-12-28/h4-6,9-10,15,17,19,24-25H,7-8,11-14H2,1-3H3,(H,26,27). The molecule has 1 saturated heterocycles. The van der Waals surface area contributed by atoms with Gasteiger partial charge in [0.2, 0.25) is 5.91 Å². The number of ether oxygens (including phenoxy) is 1. The number of nitrogens with zero attached hydrogens (tertiary/aromatic N) is 3. The number of hydrogen-bond acceptors (Lipinski definition) is 5. The lowest BCUT2D eigenvalue weighted by molar-refractivity contribution is -0.117.